The van der Waals surface area contributed by atoms with Crippen LogP contribution in [0.4, 0.5) is 0 Å². The van der Waals surface area contributed by atoms with E-state index in [1.807, 2.05) is 18.2 Å². The highest BCUT2D eigenvalue weighted by molar-refractivity contribution is 8.00. The van der Waals surface area contributed by atoms with Gasteiger partial charge in [0.2, 0.25) is 5.91 Å². The molecule has 0 bridgehead atoms. The summed E-state index contributed by atoms with van der Waals surface area (Å²) in [5.41, 5.74) is 6.67. The van der Waals surface area contributed by atoms with Crippen molar-refractivity contribution in [1.82, 2.24) is 5.32 Å². The fourth-order valence-electron chi connectivity index (χ4n) is 3.24. The zero-order valence-corrected chi connectivity index (χ0v) is 15.1. The molecule has 2 aliphatic carbocycles. The fraction of sp³-hybridized carbons (Fsp3) is 0.579. The zero-order valence-electron chi connectivity index (χ0n) is 14.3. The third-order valence-electron chi connectivity index (χ3n) is 5.11. The van der Waals surface area contributed by atoms with Crippen LogP contribution >= 0.6 is 11.8 Å². The van der Waals surface area contributed by atoms with E-state index in [-0.39, 0.29) is 18.2 Å². The summed E-state index contributed by atoms with van der Waals surface area (Å²) in [6, 6.07) is 5.77. The number of thioether (sulfide) groups is 1. The fourth-order valence-corrected chi connectivity index (χ4v) is 4.28. The maximum absolute atomic E-state index is 12.7. The highest BCUT2D eigenvalue weighted by Gasteiger charge is 2.41. The third kappa shape index (κ3) is 3.94. The molecule has 0 radical (unpaired) electrons. The summed E-state index contributed by atoms with van der Waals surface area (Å²) in [7, 11) is 0. The molecule has 0 atom stereocenters. The molecular formula is C19H24N2O3S. The van der Waals surface area contributed by atoms with Gasteiger partial charge in [-0.05, 0) is 55.2 Å². The smallest absolute Gasteiger partial charge is 0.251 e. The lowest BCUT2D eigenvalue weighted by molar-refractivity contribution is -0.119. The molecule has 3 N–H and O–H groups in total. The number of hydrogen-bond donors (Lipinski definition) is 2. The Morgan fingerprint density at radius 1 is 1.24 bits per heavy atom. The number of nitrogens with two attached hydrogens (primary N) is 1. The van der Waals surface area contributed by atoms with Crippen LogP contribution in [0.25, 0.3) is 0 Å². The molecule has 1 aromatic carbocycles. The summed E-state index contributed by atoms with van der Waals surface area (Å²) in [6.07, 6.45) is 5.07. The van der Waals surface area contributed by atoms with Crippen molar-refractivity contribution in [1.29, 1.82) is 0 Å². The molecule has 25 heavy (non-hydrogen) atoms. The largest absolute Gasteiger partial charge is 0.493 e. The molecule has 134 valence electrons. The number of primary amides is 1. The Kier molecular flexibility index (Phi) is 4.40. The number of rotatable bonds is 8. The minimum absolute atomic E-state index is 0.153. The van der Waals surface area contributed by atoms with E-state index >= 15 is 0 Å². The van der Waals surface area contributed by atoms with Crippen molar-refractivity contribution in [2.24, 2.45) is 11.7 Å². The third-order valence-corrected chi connectivity index (χ3v) is 6.63. The van der Waals surface area contributed by atoms with Crippen molar-refractivity contribution >= 4 is 23.6 Å². The maximum Gasteiger partial charge on any atom is 0.251 e. The van der Waals surface area contributed by atoms with Crippen LogP contribution in [-0.4, -0.2) is 35.5 Å². The van der Waals surface area contributed by atoms with E-state index in [0.29, 0.717) is 17.4 Å². The molecular weight excluding hydrogens is 336 g/mol. The second-order valence-corrected chi connectivity index (χ2v) is 8.64. The van der Waals surface area contributed by atoms with Crippen molar-refractivity contribution in [3.05, 3.63) is 29.3 Å². The predicted octanol–water partition coefficient (Wildman–Crippen LogP) is 2.44. The first-order chi connectivity index (χ1) is 12.0. The molecule has 2 amide bonds. The Hall–Kier alpha value is -1.69. The molecule has 3 aliphatic rings. The van der Waals surface area contributed by atoms with Crippen LogP contribution < -0.4 is 15.8 Å². The summed E-state index contributed by atoms with van der Waals surface area (Å²) < 4.78 is 6.03. The lowest BCUT2D eigenvalue weighted by Gasteiger charge is -2.41. The van der Waals surface area contributed by atoms with Crippen molar-refractivity contribution in [2.45, 2.75) is 43.6 Å². The van der Waals surface area contributed by atoms with Crippen LogP contribution in [0.5, 0.6) is 5.75 Å². The van der Waals surface area contributed by atoms with Gasteiger partial charge in [0.05, 0.1) is 18.6 Å². The topological polar surface area (TPSA) is 81.4 Å². The summed E-state index contributed by atoms with van der Waals surface area (Å²) in [4.78, 5) is 24.0. The van der Waals surface area contributed by atoms with Gasteiger partial charge in [-0.25, -0.2) is 0 Å². The number of carbonyl (C=O) groups is 2. The Balaban J connectivity index is 1.49. The Morgan fingerprint density at radius 2 is 2.00 bits per heavy atom. The minimum Gasteiger partial charge on any atom is -0.493 e. The van der Waals surface area contributed by atoms with E-state index in [1.165, 1.54) is 31.2 Å². The van der Waals surface area contributed by atoms with E-state index < -0.39 is 5.54 Å². The Morgan fingerprint density at radius 3 is 2.56 bits per heavy atom. The number of nitrogens with one attached hydrogen (secondary N) is 1. The van der Waals surface area contributed by atoms with Crippen molar-refractivity contribution in [3.8, 4) is 5.75 Å². The molecule has 6 heteroatoms. The van der Waals surface area contributed by atoms with Gasteiger partial charge in [-0.3, -0.25) is 9.59 Å². The molecule has 3 fully saturated rings. The number of hydrogen-bond acceptors (Lipinski definition) is 4. The van der Waals surface area contributed by atoms with Gasteiger partial charge in [-0.1, -0.05) is 6.07 Å². The number of amides is 2. The lowest BCUT2D eigenvalue weighted by atomic mass is 9.97. The van der Waals surface area contributed by atoms with Crippen LogP contribution in [-0.2, 0) is 4.79 Å². The molecule has 0 spiro atoms. The van der Waals surface area contributed by atoms with Gasteiger partial charge < -0.3 is 15.8 Å². The second-order valence-electron chi connectivity index (χ2n) is 7.65. The van der Waals surface area contributed by atoms with Crippen molar-refractivity contribution in [3.63, 3.8) is 0 Å². The summed E-state index contributed by atoms with van der Waals surface area (Å²) in [5, 5.41) is 3.03. The van der Waals surface area contributed by atoms with Crippen LogP contribution in [0.1, 0.15) is 53.9 Å². The molecule has 1 aromatic rings. The molecule has 1 heterocycles. The van der Waals surface area contributed by atoms with Crippen molar-refractivity contribution < 1.29 is 14.3 Å². The predicted molar refractivity (Wildman–Crippen MR) is 98.0 cm³/mol. The van der Waals surface area contributed by atoms with E-state index in [2.05, 4.69) is 5.32 Å². The minimum atomic E-state index is -0.488. The van der Waals surface area contributed by atoms with E-state index in [9.17, 15) is 9.59 Å². The van der Waals surface area contributed by atoms with Gasteiger partial charge in [0, 0.05) is 17.1 Å². The van der Waals surface area contributed by atoms with E-state index in [0.717, 1.165) is 23.9 Å². The van der Waals surface area contributed by atoms with Crippen LogP contribution in [0.2, 0.25) is 0 Å². The van der Waals surface area contributed by atoms with Gasteiger partial charge in [0.25, 0.3) is 5.91 Å². The van der Waals surface area contributed by atoms with Crippen LogP contribution in [0, 0.1) is 5.92 Å². The average molecular weight is 360 g/mol. The number of ether oxygens (including phenoxy) is 1. The summed E-state index contributed by atoms with van der Waals surface area (Å²) in [5.74, 6) is 3.04. The zero-order chi connectivity index (χ0) is 17.4. The number of carbonyl (C=O) groups excluding carboxylic acids is 2. The first-order valence-electron chi connectivity index (χ1n) is 9.00. The highest BCUT2D eigenvalue weighted by Crippen LogP contribution is 2.45. The van der Waals surface area contributed by atoms with Crippen LogP contribution in [0.15, 0.2) is 18.2 Å². The molecule has 4 rings (SSSR count). The molecule has 5 nitrogen and oxygen atoms in total. The van der Waals surface area contributed by atoms with Gasteiger partial charge in [0.15, 0.2) is 0 Å². The maximum atomic E-state index is 12.7. The van der Waals surface area contributed by atoms with Gasteiger partial charge >= 0.3 is 0 Å². The standard InChI is InChI=1S/C19H24N2O3S/c20-17(22)8-19(10-25-11-19)21-18(23)14-5-6-15(13-3-4-13)16(7-14)24-9-12-1-2-12/h5-7,12-13H,1-4,8-11H2,(H2,20,22)(H,21,23). The first kappa shape index (κ1) is 16.8. The monoisotopic (exact) mass is 360 g/mol. The first-order valence-corrected chi connectivity index (χ1v) is 10.2. The number of benzene rings is 1. The quantitative estimate of drug-likeness (QED) is 0.746. The van der Waals surface area contributed by atoms with Crippen LogP contribution in [0.3, 0.4) is 0 Å². The van der Waals surface area contributed by atoms with Gasteiger partial charge in [-0.15, -0.1) is 0 Å². The molecule has 1 aliphatic heterocycles. The van der Waals surface area contributed by atoms with Crippen molar-refractivity contribution in [2.75, 3.05) is 18.1 Å². The van der Waals surface area contributed by atoms with E-state index in [4.69, 9.17) is 10.5 Å². The highest BCUT2D eigenvalue weighted by atomic mass is 32.2. The molecule has 0 aromatic heterocycles. The average Bonchev–Trinajstić information content (AvgIpc) is 3.44. The Bertz CT molecular complexity index is 694. The molecule has 0 unspecified atom stereocenters. The Labute approximate surface area is 152 Å². The van der Waals surface area contributed by atoms with Gasteiger partial charge in [0.1, 0.15) is 5.75 Å². The molecule has 2 saturated carbocycles. The van der Waals surface area contributed by atoms with Gasteiger partial charge in [-0.2, -0.15) is 11.8 Å². The summed E-state index contributed by atoms with van der Waals surface area (Å²) in [6.45, 7) is 0.743. The molecule has 1 saturated heterocycles. The summed E-state index contributed by atoms with van der Waals surface area (Å²) >= 11 is 1.71. The van der Waals surface area contributed by atoms with E-state index in [1.54, 1.807) is 11.8 Å². The normalized spacial score (nSPS) is 21.3. The SMILES string of the molecule is NC(=O)CC1(NC(=O)c2ccc(C3CC3)c(OCC3CC3)c2)CSC1. The lowest BCUT2D eigenvalue weighted by Crippen LogP contribution is -2.59. The second kappa shape index (κ2) is 6.56.